The van der Waals surface area contributed by atoms with Crippen LogP contribution in [0.1, 0.15) is 38.2 Å². The van der Waals surface area contributed by atoms with Crippen LogP contribution in [0.4, 0.5) is 39.5 Å². The second kappa shape index (κ2) is 12.7. The zero-order chi connectivity index (χ0) is 33.0. The molecule has 4 nitrogen and oxygen atoms in total. The highest BCUT2D eigenvalue weighted by Gasteiger charge is 2.39. The van der Waals surface area contributed by atoms with E-state index in [1.54, 1.807) is 30.3 Å². The zero-order valence-corrected chi connectivity index (χ0v) is 23.3. The summed E-state index contributed by atoms with van der Waals surface area (Å²) in [5.74, 6) is -2.23. The van der Waals surface area contributed by atoms with Gasteiger partial charge in [-0.1, -0.05) is 60.7 Å². The van der Waals surface area contributed by atoms with Gasteiger partial charge in [-0.2, -0.15) is 13.2 Å². The Labute approximate surface area is 251 Å². The van der Waals surface area contributed by atoms with Crippen LogP contribution in [0.5, 0.6) is 11.5 Å². The fourth-order valence-corrected chi connectivity index (χ4v) is 4.97. The molecule has 0 fully saturated rings. The number of nitrogens with one attached hydrogen (secondary N) is 1. The first-order valence-electron chi connectivity index (χ1n) is 13.2. The SMILES string of the molecule is Cc1ccc(C(=O)NCC(Cc2ccccc2)(c2cccc(OC(F)(F)F)c2)c2cccc(OC(F)(F)F)c2)cc1C(F)(F)F. The van der Waals surface area contributed by atoms with E-state index in [-0.39, 0.29) is 28.7 Å². The molecule has 0 aromatic heterocycles. The van der Waals surface area contributed by atoms with Crippen molar-refractivity contribution in [2.45, 2.75) is 37.7 Å². The Bertz CT molecular complexity index is 1570. The lowest BCUT2D eigenvalue weighted by atomic mass is 9.70. The molecule has 1 amide bonds. The Hall–Kier alpha value is -4.68. The summed E-state index contributed by atoms with van der Waals surface area (Å²) in [7, 11) is 0. The summed E-state index contributed by atoms with van der Waals surface area (Å²) in [5.41, 5.74) is -2.35. The van der Waals surface area contributed by atoms with Crippen molar-refractivity contribution in [1.82, 2.24) is 5.32 Å². The van der Waals surface area contributed by atoms with Gasteiger partial charge in [0.05, 0.1) is 5.56 Å². The second-order valence-electron chi connectivity index (χ2n) is 10.1. The van der Waals surface area contributed by atoms with Crippen LogP contribution in [-0.4, -0.2) is 25.2 Å². The molecule has 238 valence electrons. The second-order valence-corrected chi connectivity index (χ2v) is 10.1. The van der Waals surface area contributed by atoms with Gasteiger partial charge in [-0.15, -0.1) is 26.3 Å². The molecule has 13 heteroatoms. The van der Waals surface area contributed by atoms with Gasteiger partial charge in [-0.3, -0.25) is 4.79 Å². The summed E-state index contributed by atoms with van der Waals surface area (Å²) in [6.07, 6.45) is -15.0. The van der Waals surface area contributed by atoms with Crippen molar-refractivity contribution < 1.29 is 53.8 Å². The van der Waals surface area contributed by atoms with E-state index in [4.69, 9.17) is 0 Å². The maximum atomic E-state index is 13.5. The molecule has 4 aromatic rings. The average Bonchev–Trinajstić information content (AvgIpc) is 2.94. The number of aryl methyl sites for hydroxylation is 1. The number of carbonyl (C=O) groups is 1. The van der Waals surface area contributed by atoms with Crippen molar-refractivity contribution in [3.05, 3.63) is 130 Å². The summed E-state index contributed by atoms with van der Waals surface area (Å²) < 4.78 is 128. The minimum Gasteiger partial charge on any atom is -0.406 e. The summed E-state index contributed by atoms with van der Waals surface area (Å²) in [6.45, 7) is 0.752. The molecule has 0 unspecified atom stereocenters. The summed E-state index contributed by atoms with van der Waals surface area (Å²) in [6, 6.07) is 20.7. The van der Waals surface area contributed by atoms with Crippen LogP contribution in [-0.2, 0) is 18.0 Å². The molecule has 0 radical (unpaired) electrons. The van der Waals surface area contributed by atoms with Gasteiger partial charge in [-0.25, -0.2) is 0 Å². The number of hydrogen-bond donors (Lipinski definition) is 1. The lowest BCUT2D eigenvalue weighted by Gasteiger charge is -2.36. The lowest BCUT2D eigenvalue weighted by Crippen LogP contribution is -2.43. The number of alkyl halides is 9. The monoisotopic (exact) mass is 641 g/mol. The van der Waals surface area contributed by atoms with Crippen LogP contribution in [0.2, 0.25) is 0 Å². The van der Waals surface area contributed by atoms with Crippen molar-refractivity contribution in [2.75, 3.05) is 6.54 Å². The van der Waals surface area contributed by atoms with Gasteiger partial charge in [0.15, 0.2) is 0 Å². The smallest absolute Gasteiger partial charge is 0.406 e. The maximum absolute atomic E-state index is 13.5. The predicted molar refractivity (Wildman–Crippen MR) is 146 cm³/mol. The molecule has 0 atom stereocenters. The number of ether oxygens (including phenoxy) is 2. The van der Waals surface area contributed by atoms with Crippen LogP contribution in [0.25, 0.3) is 0 Å². The molecular formula is C32H24F9NO3. The van der Waals surface area contributed by atoms with Crippen molar-refractivity contribution >= 4 is 5.91 Å². The molecule has 45 heavy (non-hydrogen) atoms. The standard InChI is InChI=1S/C32H24F9NO3/c1-20-13-14-22(15-27(20)30(33,34)35)28(43)42-19-29(18-21-7-3-2-4-8-21,23-9-5-11-25(16-23)44-31(36,37)38)24-10-6-12-26(17-24)45-32(39,40)41/h2-17H,18-19H2,1H3,(H,42,43). The number of rotatable bonds is 9. The van der Waals surface area contributed by atoms with Crippen molar-refractivity contribution in [1.29, 1.82) is 0 Å². The summed E-state index contributed by atoms with van der Waals surface area (Å²) in [5, 5.41) is 2.56. The van der Waals surface area contributed by atoms with E-state index in [0.717, 1.165) is 30.3 Å². The Morgan fingerprint density at radius 3 is 1.69 bits per heavy atom. The Kier molecular flexibility index (Phi) is 9.40. The third-order valence-corrected chi connectivity index (χ3v) is 6.95. The highest BCUT2D eigenvalue weighted by atomic mass is 19.4. The molecule has 0 aliphatic rings. The lowest BCUT2D eigenvalue weighted by molar-refractivity contribution is -0.275. The number of halogens is 9. The van der Waals surface area contributed by atoms with E-state index in [1.807, 2.05) is 0 Å². The normalized spacial score (nSPS) is 12.5. The van der Waals surface area contributed by atoms with E-state index in [9.17, 15) is 44.3 Å². The van der Waals surface area contributed by atoms with Crippen molar-refractivity contribution in [2.24, 2.45) is 0 Å². The fraction of sp³-hybridized carbons (Fsp3) is 0.219. The van der Waals surface area contributed by atoms with Gasteiger partial charge in [0.25, 0.3) is 5.91 Å². The predicted octanol–water partition coefficient (Wildman–Crippen LogP) is 8.77. The van der Waals surface area contributed by atoms with Gasteiger partial charge in [0.2, 0.25) is 0 Å². The number of amides is 1. The van der Waals surface area contributed by atoms with E-state index in [0.29, 0.717) is 11.6 Å². The van der Waals surface area contributed by atoms with E-state index in [1.165, 1.54) is 37.3 Å². The topological polar surface area (TPSA) is 47.6 Å². The van der Waals surface area contributed by atoms with Gasteiger partial charge < -0.3 is 14.8 Å². The number of hydrogen-bond acceptors (Lipinski definition) is 3. The van der Waals surface area contributed by atoms with Crippen LogP contribution in [0, 0.1) is 6.92 Å². The minimum atomic E-state index is -5.07. The van der Waals surface area contributed by atoms with Gasteiger partial charge in [0, 0.05) is 17.5 Å². The van der Waals surface area contributed by atoms with Crippen LogP contribution in [0.3, 0.4) is 0 Å². The van der Waals surface area contributed by atoms with Crippen molar-refractivity contribution in [3.8, 4) is 11.5 Å². The number of carbonyl (C=O) groups excluding carboxylic acids is 1. The van der Waals surface area contributed by atoms with E-state index >= 15 is 0 Å². The molecule has 0 saturated carbocycles. The molecule has 0 bridgehead atoms. The van der Waals surface area contributed by atoms with Crippen molar-refractivity contribution in [3.63, 3.8) is 0 Å². The molecule has 4 aromatic carbocycles. The Morgan fingerprint density at radius 2 is 1.20 bits per heavy atom. The molecule has 1 N–H and O–H groups in total. The molecule has 0 heterocycles. The first kappa shape index (κ1) is 33.2. The molecule has 0 spiro atoms. The first-order valence-corrected chi connectivity index (χ1v) is 13.2. The van der Waals surface area contributed by atoms with Crippen LogP contribution < -0.4 is 14.8 Å². The highest BCUT2D eigenvalue weighted by molar-refractivity contribution is 5.94. The molecule has 0 aliphatic heterocycles. The molecule has 0 saturated heterocycles. The van der Waals surface area contributed by atoms with Gasteiger partial charge in [-0.05, 0) is 72.0 Å². The van der Waals surface area contributed by atoms with Crippen LogP contribution in [0.15, 0.2) is 97.1 Å². The summed E-state index contributed by atoms with van der Waals surface area (Å²) >= 11 is 0. The molecule has 0 aliphatic carbocycles. The molecular weight excluding hydrogens is 617 g/mol. The third kappa shape index (κ3) is 8.70. The minimum absolute atomic E-state index is 0.0826. The maximum Gasteiger partial charge on any atom is 0.573 e. The van der Waals surface area contributed by atoms with E-state index in [2.05, 4.69) is 14.8 Å². The first-order chi connectivity index (χ1) is 21.0. The Morgan fingerprint density at radius 1 is 0.667 bits per heavy atom. The van der Waals surface area contributed by atoms with Gasteiger partial charge in [0.1, 0.15) is 11.5 Å². The number of benzene rings is 4. The van der Waals surface area contributed by atoms with E-state index < -0.39 is 53.8 Å². The summed E-state index contributed by atoms with van der Waals surface area (Å²) in [4.78, 5) is 13.3. The van der Waals surface area contributed by atoms with Gasteiger partial charge >= 0.3 is 18.9 Å². The third-order valence-electron chi connectivity index (χ3n) is 6.95. The highest BCUT2D eigenvalue weighted by Crippen LogP contribution is 2.40. The quantitative estimate of drug-likeness (QED) is 0.186. The zero-order valence-electron chi connectivity index (χ0n) is 23.3. The van der Waals surface area contributed by atoms with Crippen LogP contribution >= 0.6 is 0 Å². The Balaban J connectivity index is 1.88. The largest absolute Gasteiger partial charge is 0.573 e. The average molecular weight is 642 g/mol. The fourth-order valence-electron chi connectivity index (χ4n) is 4.97. The molecule has 4 rings (SSSR count).